The van der Waals surface area contributed by atoms with E-state index in [9.17, 15) is 0 Å². The second kappa shape index (κ2) is 6.98. The summed E-state index contributed by atoms with van der Waals surface area (Å²) in [6, 6.07) is 8.84. The third-order valence-corrected chi connectivity index (χ3v) is 4.74. The zero-order valence-electron chi connectivity index (χ0n) is 11.0. The van der Waals surface area contributed by atoms with Crippen molar-refractivity contribution in [2.45, 2.75) is 43.5 Å². The van der Waals surface area contributed by atoms with Crippen LogP contribution in [0.3, 0.4) is 0 Å². The van der Waals surface area contributed by atoms with Crippen LogP contribution >= 0.6 is 11.8 Å². The number of thioether (sulfide) groups is 1. The number of benzene rings is 1. The van der Waals surface area contributed by atoms with Crippen molar-refractivity contribution in [2.24, 2.45) is 5.84 Å². The fraction of sp³-hybridized carbons (Fsp3) is 0.467. The highest BCUT2D eigenvalue weighted by molar-refractivity contribution is 7.99. The number of hydrogen-bond donors (Lipinski definition) is 2. The van der Waals surface area contributed by atoms with Crippen molar-refractivity contribution in [1.82, 2.24) is 5.43 Å². The van der Waals surface area contributed by atoms with Crippen LogP contribution in [0.4, 0.5) is 0 Å². The fourth-order valence-corrected chi connectivity index (χ4v) is 3.46. The van der Waals surface area contributed by atoms with Gasteiger partial charge in [0.15, 0.2) is 0 Å². The van der Waals surface area contributed by atoms with Crippen molar-refractivity contribution in [3.8, 4) is 0 Å². The lowest BCUT2D eigenvalue weighted by Gasteiger charge is -2.22. The van der Waals surface area contributed by atoms with E-state index in [0.29, 0.717) is 6.04 Å². The lowest BCUT2D eigenvalue weighted by molar-refractivity contribution is 0.582. The van der Waals surface area contributed by atoms with Crippen LogP contribution in [-0.4, -0.2) is 11.8 Å². The summed E-state index contributed by atoms with van der Waals surface area (Å²) in [6.07, 6.45) is 7.41. The van der Waals surface area contributed by atoms with Crippen molar-refractivity contribution < 1.29 is 0 Å². The molecule has 0 fully saturated rings. The topological polar surface area (TPSA) is 38.0 Å². The van der Waals surface area contributed by atoms with Crippen molar-refractivity contribution >= 4 is 11.8 Å². The number of hydrogen-bond acceptors (Lipinski definition) is 3. The maximum absolute atomic E-state index is 5.70. The molecule has 1 aliphatic rings. The van der Waals surface area contributed by atoms with E-state index in [0.717, 1.165) is 5.75 Å². The lowest BCUT2D eigenvalue weighted by Crippen LogP contribution is -2.39. The molecule has 0 heterocycles. The fourth-order valence-electron chi connectivity index (χ4n) is 2.33. The molecule has 0 spiro atoms. The minimum Gasteiger partial charge on any atom is -0.271 e. The molecule has 1 atom stereocenters. The Balaban J connectivity index is 1.95. The second-order valence-corrected chi connectivity index (χ2v) is 5.88. The van der Waals surface area contributed by atoms with Crippen molar-refractivity contribution in [3.63, 3.8) is 0 Å². The smallest absolute Gasteiger partial charge is 0.0513 e. The number of nitrogens with two attached hydrogens (primary N) is 1. The van der Waals surface area contributed by atoms with Gasteiger partial charge in [0.25, 0.3) is 0 Å². The van der Waals surface area contributed by atoms with Gasteiger partial charge in [0.1, 0.15) is 0 Å². The van der Waals surface area contributed by atoms with Gasteiger partial charge in [-0.05, 0) is 44.2 Å². The minimum absolute atomic E-state index is 0.315. The summed E-state index contributed by atoms with van der Waals surface area (Å²) >= 11 is 1.89. The Kier molecular flexibility index (Phi) is 5.29. The standard InChI is InChI=1S/C15H22N2S/c1-12-7-5-6-10-15(12)18-11-14(17-16)13-8-3-2-4-9-13/h5-8,10,14,17H,2-4,9,11,16H2,1H3. The molecule has 3 heteroatoms. The first-order valence-corrected chi connectivity index (χ1v) is 7.63. The van der Waals surface area contributed by atoms with E-state index in [-0.39, 0.29) is 0 Å². The average molecular weight is 262 g/mol. The van der Waals surface area contributed by atoms with Crippen LogP contribution < -0.4 is 11.3 Å². The van der Waals surface area contributed by atoms with E-state index in [2.05, 4.69) is 42.7 Å². The first kappa shape index (κ1) is 13.7. The van der Waals surface area contributed by atoms with E-state index >= 15 is 0 Å². The summed E-state index contributed by atoms with van der Waals surface area (Å²) in [5.74, 6) is 6.71. The Morgan fingerprint density at radius 2 is 2.17 bits per heavy atom. The molecule has 0 amide bonds. The van der Waals surface area contributed by atoms with Crippen molar-refractivity contribution in [3.05, 3.63) is 41.5 Å². The number of rotatable bonds is 5. The molecule has 98 valence electrons. The third kappa shape index (κ3) is 3.61. The highest BCUT2D eigenvalue weighted by atomic mass is 32.2. The van der Waals surface area contributed by atoms with Gasteiger partial charge in [0.05, 0.1) is 6.04 Å². The zero-order chi connectivity index (χ0) is 12.8. The van der Waals surface area contributed by atoms with Gasteiger partial charge < -0.3 is 0 Å². The third-order valence-electron chi connectivity index (χ3n) is 3.47. The minimum atomic E-state index is 0.315. The summed E-state index contributed by atoms with van der Waals surface area (Å²) in [5.41, 5.74) is 5.81. The molecule has 0 aliphatic heterocycles. The van der Waals surface area contributed by atoms with Gasteiger partial charge in [-0.25, -0.2) is 0 Å². The lowest BCUT2D eigenvalue weighted by atomic mass is 9.95. The van der Waals surface area contributed by atoms with E-state index in [1.807, 2.05) is 11.8 Å². The van der Waals surface area contributed by atoms with Gasteiger partial charge in [0.2, 0.25) is 0 Å². The summed E-state index contributed by atoms with van der Waals surface area (Å²) in [7, 11) is 0. The van der Waals surface area contributed by atoms with E-state index < -0.39 is 0 Å². The molecule has 0 bridgehead atoms. The Labute approximate surface area is 114 Å². The summed E-state index contributed by atoms with van der Waals surface area (Å²) in [5, 5.41) is 0. The maximum atomic E-state index is 5.70. The molecule has 2 nitrogen and oxygen atoms in total. The van der Waals surface area contributed by atoms with Gasteiger partial charge in [0, 0.05) is 10.6 Å². The molecule has 2 rings (SSSR count). The maximum Gasteiger partial charge on any atom is 0.0513 e. The molecule has 0 aromatic heterocycles. The number of hydrazine groups is 1. The predicted molar refractivity (Wildman–Crippen MR) is 79.6 cm³/mol. The molecule has 1 aromatic rings. The Morgan fingerprint density at radius 1 is 1.33 bits per heavy atom. The highest BCUT2D eigenvalue weighted by Crippen LogP contribution is 2.27. The van der Waals surface area contributed by atoms with Gasteiger partial charge in [-0.15, -0.1) is 11.8 Å². The van der Waals surface area contributed by atoms with E-state index in [1.54, 1.807) is 0 Å². The van der Waals surface area contributed by atoms with Crippen molar-refractivity contribution in [1.29, 1.82) is 0 Å². The van der Waals surface area contributed by atoms with Crippen LogP contribution in [-0.2, 0) is 0 Å². The molecule has 1 aromatic carbocycles. The molecule has 18 heavy (non-hydrogen) atoms. The Hall–Kier alpha value is -0.770. The van der Waals surface area contributed by atoms with Crippen LogP contribution in [0.1, 0.15) is 31.2 Å². The predicted octanol–water partition coefficient (Wildman–Crippen LogP) is 3.42. The van der Waals surface area contributed by atoms with Gasteiger partial charge in [-0.2, -0.15) is 0 Å². The quantitative estimate of drug-likeness (QED) is 0.369. The molecular formula is C15H22N2S. The summed E-state index contributed by atoms with van der Waals surface area (Å²) < 4.78 is 0. The van der Waals surface area contributed by atoms with Gasteiger partial charge >= 0.3 is 0 Å². The summed E-state index contributed by atoms with van der Waals surface area (Å²) in [6.45, 7) is 2.16. The second-order valence-electron chi connectivity index (χ2n) is 4.82. The van der Waals surface area contributed by atoms with E-state index in [4.69, 9.17) is 5.84 Å². The SMILES string of the molecule is Cc1ccccc1SCC(NN)C1=CCCCC1. The molecule has 0 radical (unpaired) electrons. The summed E-state index contributed by atoms with van der Waals surface area (Å²) in [4.78, 5) is 1.36. The normalized spacial score (nSPS) is 17.3. The highest BCUT2D eigenvalue weighted by Gasteiger charge is 2.15. The van der Waals surface area contributed by atoms with Crippen LogP contribution in [0.25, 0.3) is 0 Å². The monoisotopic (exact) mass is 262 g/mol. The van der Waals surface area contributed by atoms with E-state index in [1.165, 1.54) is 41.7 Å². The molecule has 0 saturated carbocycles. The average Bonchev–Trinajstić information content (AvgIpc) is 2.42. The molecular weight excluding hydrogens is 240 g/mol. The largest absolute Gasteiger partial charge is 0.271 e. The molecule has 3 N–H and O–H groups in total. The van der Waals surface area contributed by atoms with Crippen LogP contribution in [0.5, 0.6) is 0 Å². The van der Waals surface area contributed by atoms with Crippen LogP contribution in [0.2, 0.25) is 0 Å². The Morgan fingerprint density at radius 3 is 2.83 bits per heavy atom. The van der Waals surface area contributed by atoms with Crippen LogP contribution in [0.15, 0.2) is 40.8 Å². The molecule has 1 aliphatic carbocycles. The number of aryl methyl sites for hydroxylation is 1. The Bertz CT molecular complexity index is 415. The first-order valence-electron chi connectivity index (χ1n) is 6.64. The van der Waals surface area contributed by atoms with Gasteiger partial charge in [-0.3, -0.25) is 11.3 Å². The number of nitrogens with one attached hydrogen (secondary N) is 1. The van der Waals surface area contributed by atoms with Crippen LogP contribution in [0, 0.1) is 6.92 Å². The molecule has 1 unspecified atom stereocenters. The van der Waals surface area contributed by atoms with Gasteiger partial charge in [-0.1, -0.05) is 29.8 Å². The first-order chi connectivity index (χ1) is 8.81. The van der Waals surface area contributed by atoms with Crippen molar-refractivity contribution in [2.75, 3.05) is 5.75 Å². The zero-order valence-corrected chi connectivity index (χ0v) is 11.8. The number of allylic oxidation sites excluding steroid dienone is 1. The molecule has 0 saturated heterocycles.